The quantitative estimate of drug-likeness (QED) is 0.808. The van der Waals surface area contributed by atoms with E-state index in [-0.39, 0.29) is 6.42 Å². The second kappa shape index (κ2) is 4.46. The Balaban J connectivity index is 2.52. The predicted molar refractivity (Wildman–Crippen MR) is 51.1 cm³/mol. The van der Waals surface area contributed by atoms with Crippen molar-refractivity contribution in [2.45, 2.75) is 32.2 Å². The molecule has 0 aromatic carbocycles. The van der Waals surface area contributed by atoms with Gasteiger partial charge in [-0.1, -0.05) is 6.07 Å². The highest BCUT2D eigenvalue weighted by molar-refractivity contribution is 5.13. The van der Waals surface area contributed by atoms with E-state index in [2.05, 4.69) is 4.98 Å². The number of nitrogens with zero attached hydrogens (tertiary/aromatic N) is 1. The van der Waals surface area contributed by atoms with E-state index in [0.717, 1.165) is 12.5 Å². The molecule has 0 aliphatic heterocycles. The number of pyridine rings is 1. The molecule has 78 valence electrons. The number of hydrogen-bond acceptors (Lipinski definition) is 2. The average molecular weight is 200 g/mol. The molecule has 1 aromatic heterocycles. The van der Waals surface area contributed by atoms with E-state index in [1.165, 1.54) is 0 Å². The van der Waals surface area contributed by atoms with Crippen LogP contribution in [0.3, 0.4) is 0 Å². The number of aromatic nitrogens is 1. The highest BCUT2D eigenvalue weighted by atomic mass is 19.3. The lowest BCUT2D eigenvalue weighted by atomic mass is 10.1. The van der Waals surface area contributed by atoms with Gasteiger partial charge in [-0.3, -0.25) is 4.98 Å². The molecule has 0 aliphatic rings. The molecule has 14 heavy (non-hydrogen) atoms. The fourth-order valence-electron chi connectivity index (χ4n) is 1.07. The molecule has 0 spiro atoms. The zero-order chi connectivity index (χ0) is 10.6. The fourth-order valence-corrected chi connectivity index (χ4v) is 1.07. The van der Waals surface area contributed by atoms with Gasteiger partial charge in [0.15, 0.2) is 0 Å². The molecule has 0 unspecified atom stereocenters. The first-order chi connectivity index (χ1) is 6.51. The van der Waals surface area contributed by atoms with Crippen molar-refractivity contribution in [3.8, 4) is 0 Å². The molecule has 4 heteroatoms. The van der Waals surface area contributed by atoms with Gasteiger partial charge >= 0.3 is 0 Å². The van der Waals surface area contributed by atoms with Gasteiger partial charge < -0.3 is 5.73 Å². The highest BCUT2D eigenvalue weighted by Crippen LogP contribution is 2.18. The van der Waals surface area contributed by atoms with Crippen LogP contribution in [0.25, 0.3) is 0 Å². The summed E-state index contributed by atoms with van der Waals surface area (Å²) in [5.74, 6) is -2.62. The van der Waals surface area contributed by atoms with Gasteiger partial charge in [0.05, 0.1) is 0 Å². The summed E-state index contributed by atoms with van der Waals surface area (Å²) in [6, 6.07) is 3.56. The Hall–Kier alpha value is -1.03. The number of nitrogens with two attached hydrogens (primary N) is 1. The minimum absolute atomic E-state index is 0.165. The van der Waals surface area contributed by atoms with Crippen molar-refractivity contribution >= 4 is 0 Å². The Bertz CT molecular complexity index is 277. The van der Waals surface area contributed by atoms with Crippen LogP contribution in [0.5, 0.6) is 0 Å². The summed E-state index contributed by atoms with van der Waals surface area (Å²) in [6.45, 7) is 1.35. The molecule has 2 N–H and O–H groups in total. The van der Waals surface area contributed by atoms with E-state index in [1.54, 1.807) is 12.3 Å². The Morgan fingerprint density at radius 1 is 1.43 bits per heavy atom. The average Bonchev–Trinajstić information content (AvgIpc) is 2.14. The lowest BCUT2D eigenvalue weighted by Gasteiger charge is -2.08. The van der Waals surface area contributed by atoms with E-state index >= 15 is 0 Å². The van der Waals surface area contributed by atoms with Crippen molar-refractivity contribution in [2.75, 3.05) is 0 Å². The monoisotopic (exact) mass is 200 g/mol. The van der Waals surface area contributed by atoms with Gasteiger partial charge in [-0.15, -0.1) is 0 Å². The minimum Gasteiger partial charge on any atom is -0.326 e. The van der Waals surface area contributed by atoms with Crippen LogP contribution < -0.4 is 5.73 Å². The molecule has 2 nitrogen and oxygen atoms in total. The van der Waals surface area contributed by atoms with Gasteiger partial charge in [0.1, 0.15) is 0 Å². The van der Waals surface area contributed by atoms with Crippen molar-refractivity contribution in [1.29, 1.82) is 0 Å². The Labute approximate surface area is 82.1 Å². The molecular formula is C10H14F2N2. The van der Waals surface area contributed by atoms with Crippen molar-refractivity contribution in [3.63, 3.8) is 0 Å². The number of aryl methyl sites for hydroxylation is 1. The molecule has 0 saturated carbocycles. The molecule has 1 aromatic rings. The van der Waals surface area contributed by atoms with Crippen LogP contribution in [0.1, 0.15) is 24.6 Å². The summed E-state index contributed by atoms with van der Waals surface area (Å²) in [7, 11) is 0. The van der Waals surface area contributed by atoms with Gasteiger partial charge in [-0.05, 0) is 25.0 Å². The van der Waals surface area contributed by atoms with E-state index in [1.807, 2.05) is 6.07 Å². The van der Waals surface area contributed by atoms with E-state index in [0.29, 0.717) is 18.7 Å². The van der Waals surface area contributed by atoms with Crippen molar-refractivity contribution < 1.29 is 8.78 Å². The van der Waals surface area contributed by atoms with Gasteiger partial charge in [-0.25, -0.2) is 8.78 Å². The number of alkyl halides is 2. The third kappa shape index (κ3) is 3.79. The third-order valence-corrected chi connectivity index (χ3v) is 1.94. The maximum atomic E-state index is 12.5. The Morgan fingerprint density at radius 3 is 2.57 bits per heavy atom. The van der Waals surface area contributed by atoms with Gasteiger partial charge in [0.25, 0.3) is 0 Å². The second-order valence-corrected chi connectivity index (χ2v) is 3.43. The summed E-state index contributed by atoms with van der Waals surface area (Å²) >= 11 is 0. The fraction of sp³-hybridized carbons (Fsp3) is 0.500. The molecule has 1 heterocycles. The van der Waals surface area contributed by atoms with Crippen LogP contribution in [-0.4, -0.2) is 10.9 Å². The number of rotatable bonds is 4. The van der Waals surface area contributed by atoms with Crippen LogP contribution in [0.2, 0.25) is 0 Å². The summed E-state index contributed by atoms with van der Waals surface area (Å²) in [6.07, 6.45) is 1.76. The lowest BCUT2D eigenvalue weighted by Crippen LogP contribution is -2.11. The number of halogens is 2. The van der Waals surface area contributed by atoms with E-state index < -0.39 is 5.92 Å². The Morgan fingerprint density at radius 2 is 2.14 bits per heavy atom. The zero-order valence-corrected chi connectivity index (χ0v) is 8.13. The minimum atomic E-state index is -2.62. The summed E-state index contributed by atoms with van der Waals surface area (Å²) < 4.78 is 25.0. The maximum Gasteiger partial charge on any atom is 0.245 e. The molecule has 0 fully saturated rings. The van der Waals surface area contributed by atoms with Crippen molar-refractivity contribution in [2.24, 2.45) is 5.73 Å². The van der Waals surface area contributed by atoms with Crippen LogP contribution in [0, 0.1) is 0 Å². The summed E-state index contributed by atoms with van der Waals surface area (Å²) in [5, 5.41) is 0. The highest BCUT2D eigenvalue weighted by Gasteiger charge is 2.20. The smallest absolute Gasteiger partial charge is 0.245 e. The summed E-state index contributed by atoms with van der Waals surface area (Å²) in [4.78, 5) is 4.04. The van der Waals surface area contributed by atoms with Gasteiger partial charge in [0.2, 0.25) is 5.92 Å². The van der Waals surface area contributed by atoms with Crippen LogP contribution in [0.15, 0.2) is 18.3 Å². The second-order valence-electron chi connectivity index (χ2n) is 3.43. The van der Waals surface area contributed by atoms with Gasteiger partial charge in [-0.2, -0.15) is 0 Å². The number of hydrogen-bond donors (Lipinski definition) is 1. The van der Waals surface area contributed by atoms with Crippen molar-refractivity contribution in [1.82, 2.24) is 4.98 Å². The van der Waals surface area contributed by atoms with Crippen LogP contribution >= 0.6 is 0 Å². The molecule has 0 aliphatic carbocycles. The molecule has 0 atom stereocenters. The molecule has 0 bridgehead atoms. The van der Waals surface area contributed by atoms with Crippen LogP contribution in [-0.2, 0) is 13.0 Å². The van der Waals surface area contributed by atoms with Crippen molar-refractivity contribution in [3.05, 3.63) is 29.6 Å². The van der Waals surface area contributed by atoms with Gasteiger partial charge in [0, 0.05) is 24.9 Å². The van der Waals surface area contributed by atoms with Crippen LogP contribution in [0.4, 0.5) is 8.78 Å². The molecule has 1 rings (SSSR count). The molecule has 0 radical (unpaired) electrons. The third-order valence-electron chi connectivity index (χ3n) is 1.94. The SMILES string of the molecule is CC(F)(F)CCc1ccc(CN)cn1. The Kier molecular flexibility index (Phi) is 3.52. The zero-order valence-electron chi connectivity index (χ0n) is 8.13. The standard InChI is InChI=1S/C10H14F2N2/c1-10(11,12)5-4-9-3-2-8(6-13)7-14-9/h2-3,7H,4-6,13H2,1H3. The molecular weight excluding hydrogens is 186 g/mol. The van der Waals surface area contributed by atoms with E-state index in [4.69, 9.17) is 5.73 Å². The summed E-state index contributed by atoms with van der Waals surface area (Å²) in [5.41, 5.74) is 6.98. The van der Waals surface area contributed by atoms with E-state index in [9.17, 15) is 8.78 Å². The largest absolute Gasteiger partial charge is 0.326 e. The normalized spacial score (nSPS) is 11.7. The predicted octanol–water partition coefficient (Wildman–Crippen LogP) is 2.13. The first kappa shape index (κ1) is 11.0. The first-order valence-electron chi connectivity index (χ1n) is 4.53. The molecule has 0 saturated heterocycles. The topological polar surface area (TPSA) is 38.9 Å². The first-order valence-corrected chi connectivity index (χ1v) is 4.53. The maximum absolute atomic E-state index is 12.5. The lowest BCUT2D eigenvalue weighted by molar-refractivity contribution is 0.0131. The molecule has 0 amide bonds.